The standard InChI is InChI=1S/C10H14N2O/c1-3-10(2,8-13)6-9-7-11-4-5-12-9/h4-5,7-8H,3,6H2,1-2H3. The summed E-state index contributed by atoms with van der Waals surface area (Å²) in [6.07, 6.45) is 7.48. The molecule has 3 heteroatoms. The van der Waals surface area contributed by atoms with Crippen LogP contribution in [0.4, 0.5) is 0 Å². The van der Waals surface area contributed by atoms with E-state index in [0.29, 0.717) is 6.42 Å². The molecule has 1 rings (SSSR count). The molecule has 0 saturated carbocycles. The summed E-state index contributed by atoms with van der Waals surface area (Å²) in [6.45, 7) is 3.94. The Hall–Kier alpha value is -1.25. The summed E-state index contributed by atoms with van der Waals surface area (Å²) in [6, 6.07) is 0. The van der Waals surface area contributed by atoms with E-state index in [1.165, 1.54) is 0 Å². The van der Waals surface area contributed by atoms with Gasteiger partial charge >= 0.3 is 0 Å². The molecule has 1 aromatic heterocycles. The van der Waals surface area contributed by atoms with Crippen LogP contribution in [-0.2, 0) is 11.2 Å². The van der Waals surface area contributed by atoms with Gasteiger partial charge in [0.05, 0.1) is 5.69 Å². The molecule has 0 radical (unpaired) electrons. The molecule has 1 heterocycles. The van der Waals surface area contributed by atoms with Gasteiger partial charge in [-0.3, -0.25) is 9.97 Å². The minimum absolute atomic E-state index is 0.296. The van der Waals surface area contributed by atoms with Crippen molar-refractivity contribution in [2.45, 2.75) is 26.7 Å². The highest BCUT2D eigenvalue weighted by atomic mass is 16.1. The summed E-state index contributed by atoms with van der Waals surface area (Å²) in [7, 11) is 0. The Morgan fingerprint density at radius 1 is 1.54 bits per heavy atom. The summed E-state index contributed by atoms with van der Waals surface area (Å²) in [5.74, 6) is 0. The van der Waals surface area contributed by atoms with Gasteiger partial charge in [-0.25, -0.2) is 0 Å². The van der Waals surface area contributed by atoms with E-state index in [4.69, 9.17) is 0 Å². The molecule has 0 bridgehead atoms. The lowest BCUT2D eigenvalue weighted by Crippen LogP contribution is -2.20. The van der Waals surface area contributed by atoms with Crippen molar-refractivity contribution in [1.82, 2.24) is 9.97 Å². The van der Waals surface area contributed by atoms with Gasteiger partial charge in [0, 0.05) is 30.4 Å². The zero-order chi connectivity index (χ0) is 9.73. The molecular weight excluding hydrogens is 164 g/mol. The van der Waals surface area contributed by atoms with Crippen molar-refractivity contribution in [2.75, 3.05) is 0 Å². The van der Waals surface area contributed by atoms with E-state index < -0.39 is 0 Å². The molecule has 0 aliphatic heterocycles. The molecule has 0 aromatic carbocycles. The molecule has 0 saturated heterocycles. The third-order valence-electron chi connectivity index (χ3n) is 2.29. The van der Waals surface area contributed by atoms with Crippen LogP contribution in [0.3, 0.4) is 0 Å². The maximum Gasteiger partial charge on any atom is 0.126 e. The Morgan fingerprint density at radius 2 is 2.31 bits per heavy atom. The first-order valence-electron chi connectivity index (χ1n) is 4.41. The van der Waals surface area contributed by atoms with E-state index in [1.54, 1.807) is 18.6 Å². The van der Waals surface area contributed by atoms with Crippen LogP contribution in [0.2, 0.25) is 0 Å². The van der Waals surface area contributed by atoms with Crippen LogP contribution in [0.5, 0.6) is 0 Å². The van der Waals surface area contributed by atoms with Crippen molar-refractivity contribution in [2.24, 2.45) is 5.41 Å². The van der Waals surface area contributed by atoms with Crippen molar-refractivity contribution in [3.63, 3.8) is 0 Å². The summed E-state index contributed by atoms with van der Waals surface area (Å²) in [4.78, 5) is 18.9. The Labute approximate surface area is 78.2 Å². The zero-order valence-electron chi connectivity index (χ0n) is 8.03. The first-order valence-corrected chi connectivity index (χ1v) is 4.41. The van der Waals surface area contributed by atoms with E-state index in [0.717, 1.165) is 18.4 Å². The average Bonchev–Trinajstić information content (AvgIpc) is 2.19. The fourth-order valence-corrected chi connectivity index (χ4v) is 1.09. The maximum atomic E-state index is 10.8. The predicted octanol–water partition coefficient (Wildman–Crippen LogP) is 1.63. The van der Waals surface area contributed by atoms with Gasteiger partial charge in [-0.15, -0.1) is 0 Å². The van der Waals surface area contributed by atoms with E-state index in [9.17, 15) is 4.79 Å². The van der Waals surface area contributed by atoms with Crippen LogP contribution in [-0.4, -0.2) is 16.3 Å². The van der Waals surface area contributed by atoms with E-state index in [-0.39, 0.29) is 5.41 Å². The molecule has 70 valence electrons. The van der Waals surface area contributed by atoms with E-state index >= 15 is 0 Å². The first-order chi connectivity index (χ1) is 6.20. The molecule has 3 nitrogen and oxygen atoms in total. The molecule has 0 amide bonds. The van der Waals surface area contributed by atoms with Crippen molar-refractivity contribution in [3.8, 4) is 0 Å². The summed E-state index contributed by atoms with van der Waals surface area (Å²) < 4.78 is 0. The molecule has 0 aliphatic rings. The number of nitrogens with zero attached hydrogens (tertiary/aromatic N) is 2. The Morgan fingerprint density at radius 3 is 2.77 bits per heavy atom. The fraction of sp³-hybridized carbons (Fsp3) is 0.500. The second-order valence-electron chi connectivity index (χ2n) is 3.50. The van der Waals surface area contributed by atoms with Crippen molar-refractivity contribution in [3.05, 3.63) is 24.3 Å². The largest absolute Gasteiger partial charge is 0.303 e. The smallest absolute Gasteiger partial charge is 0.126 e. The maximum absolute atomic E-state index is 10.8. The number of carbonyl (C=O) groups excluding carboxylic acids is 1. The van der Waals surface area contributed by atoms with Gasteiger partial charge in [-0.2, -0.15) is 0 Å². The van der Waals surface area contributed by atoms with Crippen LogP contribution in [0.25, 0.3) is 0 Å². The minimum atomic E-state index is -0.296. The van der Waals surface area contributed by atoms with E-state index in [2.05, 4.69) is 9.97 Å². The fourth-order valence-electron chi connectivity index (χ4n) is 1.09. The van der Waals surface area contributed by atoms with Crippen molar-refractivity contribution in [1.29, 1.82) is 0 Å². The molecule has 13 heavy (non-hydrogen) atoms. The molecule has 1 aromatic rings. The van der Waals surface area contributed by atoms with Gasteiger partial charge in [0.15, 0.2) is 0 Å². The molecule has 0 spiro atoms. The molecular formula is C10H14N2O. The van der Waals surface area contributed by atoms with Gasteiger partial charge in [0.1, 0.15) is 6.29 Å². The highest BCUT2D eigenvalue weighted by Crippen LogP contribution is 2.22. The Balaban J connectivity index is 2.73. The highest BCUT2D eigenvalue weighted by molar-refractivity contribution is 5.59. The molecule has 1 unspecified atom stereocenters. The first kappa shape index (κ1) is 9.84. The summed E-state index contributed by atoms with van der Waals surface area (Å²) in [5.41, 5.74) is 0.578. The number of aromatic nitrogens is 2. The SMILES string of the molecule is CCC(C)(C=O)Cc1cnccn1. The van der Waals surface area contributed by atoms with Crippen LogP contribution < -0.4 is 0 Å². The van der Waals surface area contributed by atoms with Gasteiger partial charge in [-0.1, -0.05) is 13.8 Å². The van der Waals surface area contributed by atoms with Crippen LogP contribution in [0.15, 0.2) is 18.6 Å². The highest BCUT2D eigenvalue weighted by Gasteiger charge is 2.22. The average molecular weight is 178 g/mol. The minimum Gasteiger partial charge on any atom is -0.303 e. The van der Waals surface area contributed by atoms with Crippen LogP contribution in [0, 0.1) is 5.41 Å². The number of hydrogen-bond donors (Lipinski definition) is 0. The Bertz CT molecular complexity index is 274. The second-order valence-corrected chi connectivity index (χ2v) is 3.50. The zero-order valence-corrected chi connectivity index (χ0v) is 8.03. The summed E-state index contributed by atoms with van der Waals surface area (Å²) >= 11 is 0. The topological polar surface area (TPSA) is 42.9 Å². The monoisotopic (exact) mass is 178 g/mol. The second kappa shape index (κ2) is 4.12. The quantitative estimate of drug-likeness (QED) is 0.658. The normalized spacial score (nSPS) is 14.9. The molecule has 1 atom stereocenters. The van der Waals surface area contributed by atoms with Gasteiger partial charge in [-0.05, 0) is 6.42 Å². The molecule has 0 fully saturated rings. The number of hydrogen-bond acceptors (Lipinski definition) is 3. The number of carbonyl (C=O) groups is 1. The van der Waals surface area contributed by atoms with Crippen LogP contribution in [0.1, 0.15) is 26.0 Å². The number of aldehydes is 1. The lowest BCUT2D eigenvalue weighted by Gasteiger charge is -2.19. The molecule has 0 N–H and O–H groups in total. The summed E-state index contributed by atoms with van der Waals surface area (Å²) in [5, 5.41) is 0. The van der Waals surface area contributed by atoms with E-state index in [1.807, 2.05) is 13.8 Å². The lowest BCUT2D eigenvalue weighted by atomic mass is 9.85. The third-order valence-corrected chi connectivity index (χ3v) is 2.29. The van der Waals surface area contributed by atoms with Crippen molar-refractivity contribution < 1.29 is 4.79 Å². The molecule has 0 aliphatic carbocycles. The predicted molar refractivity (Wildman–Crippen MR) is 50.2 cm³/mol. The lowest BCUT2D eigenvalue weighted by molar-refractivity contribution is -0.115. The van der Waals surface area contributed by atoms with Crippen molar-refractivity contribution >= 4 is 6.29 Å². The van der Waals surface area contributed by atoms with Gasteiger partial charge < -0.3 is 4.79 Å². The van der Waals surface area contributed by atoms with Gasteiger partial charge in [0.2, 0.25) is 0 Å². The Kier molecular flexibility index (Phi) is 3.12. The third kappa shape index (κ3) is 2.61. The number of rotatable bonds is 4. The van der Waals surface area contributed by atoms with Crippen LogP contribution >= 0.6 is 0 Å². The van der Waals surface area contributed by atoms with Gasteiger partial charge in [0.25, 0.3) is 0 Å².